The van der Waals surface area contributed by atoms with Gasteiger partial charge < -0.3 is 5.32 Å². The molecule has 0 bridgehead atoms. The zero-order valence-corrected chi connectivity index (χ0v) is 12.8. The fraction of sp³-hybridized carbons (Fsp3) is 0. The summed E-state index contributed by atoms with van der Waals surface area (Å²) in [5, 5.41) is 12.3. The van der Waals surface area contributed by atoms with Gasteiger partial charge in [0, 0.05) is 16.3 Å². The quantitative estimate of drug-likeness (QED) is 0.665. The van der Waals surface area contributed by atoms with Gasteiger partial charge in [0.05, 0.1) is 17.3 Å². The Bertz CT molecular complexity index is 868. The summed E-state index contributed by atoms with van der Waals surface area (Å²) in [6.45, 7) is 0. The first kappa shape index (κ1) is 15.1. The van der Waals surface area contributed by atoms with Gasteiger partial charge in [-0.3, -0.25) is 0 Å². The second kappa shape index (κ2) is 6.51. The van der Waals surface area contributed by atoms with Crippen LogP contribution in [0.25, 0.3) is 11.1 Å². The Morgan fingerprint density at radius 2 is 1.65 bits per heavy atom. The summed E-state index contributed by atoms with van der Waals surface area (Å²) in [5.74, 6) is -0.430. The van der Waals surface area contributed by atoms with Gasteiger partial charge in [0.2, 0.25) is 0 Å². The Morgan fingerprint density at radius 1 is 0.957 bits per heavy atom. The normalized spacial score (nSPS) is 10.1. The van der Waals surface area contributed by atoms with Crippen LogP contribution < -0.4 is 5.32 Å². The van der Waals surface area contributed by atoms with E-state index in [9.17, 15) is 4.39 Å². The zero-order valence-electron chi connectivity index (χ0n) is 12.1. The molecule has 112 valence electrons. The van der Waals surface area contributed by atoms with Crippen LogP contribution in [0.3, 0.4) is 0 Å². The zero-order chi connectivity index (χ0) is 16.2. The fourth-order valence-electron chi connectivity index (χ4n) is 2.32. The van der Waals surface area contributed by atoms with Crippen molar-refractivity contribution in [1.82, 2.24) is 0 Å². The third-order valence-corrected chi connectivity index (χ3v) is 3.64. The van der Waals surface area contributed by atoms with Crippen LogP contribution in [0.4, 0.5) is 15.8 Å². The number of halogens is 2. The number of rotatable bonds is 3. The van der Waals surface area contributed by atoms with E-state index in [1.165, 1.54) is 6.07 Å². The minimum absolute atomic E-state index is 0.320. The first-order valence-corrected chi connectivity index (χ1v) is 7.37. The maximum Gasteiger partial charge on any atom is 0.148 e. The summed E-state index contributed by atoms with van der Waals surface area (Å²) in [5.41, 5.74) is 3.11. The van der Waals surface area contributed by atoms with Gasteiger partial charge in [0.15, 0.2) is 0 Å². The van der Waals surface area contributed by atoms with E-state index < -0.39 is 5.82 Å². The highest BCUT2D eigenvalue weighted by atomic mass is 35.5. The Hall–Kier alpha value is -2.83. The molecule has 0 atom stereocenters. The molecule has 0 fully saturated rings. The van der Waals surface area contributed by atoms with Crippen molar-refractivity contribution in [2.75, 3.05) is 5.32 Å². The van der Waals surface area contributed by atoms with E-state index in [-0.39, 0.29) is 0 Å². The van der Waals surface area contributed by atoms with E-state index in [0.29, 0.717) is 21.8 Å². The minimum Gasteiger partial charge on any atom is -0.353 e. The highest BCUT2D eigenvalue weighted by Gasteiger charge is 2.13. The molecule has 0 unspecified atom stereocenters. The molecule has 4 heteroatoms. The van der Waals surface area contributed by atoms with Gasteiger partial charge in [-0.1, -0.05) is 41.9 Å². The van der Waals surface area contributed by atoms with E-state index in [1.807, 2.05) is 30.3 Å². The summed E-state index contributed by atoms with van der Waals surface area (Å²) >= 11 is 6.01. The number of nitriles is 1. The van der Waals surface area contributed by atoms with Crippen LogP contribution in [0.5, 0.6) is 0 Å². The average molecular weight is 323 g/mol. The first-order chi connectivity index (χ1) is 11.2. The van der Waals surface area contributed by atoms with Crippen LogP contribution >= 0.6 is 11.6 Å². The van der Waals surface area contributed by atoms with Gasteiger partial charge in [-0.2, -0.15) is 5.26 Å². The van der Waals surface area contributed by atoms with Gasteiger partial charge in [-0.25, -0.2) is 4.39 Å². The minimum atomic E-state index is -0.430. The van der Waals surface area contributed by atoms with Crippen molar-refractivity contribution in [3.05, 3.63) is 83.1 Å². The van der Waals surface area contributed by atoms with Crippen LogP contribution in [0.1, 0.15) is 5.56 Å². The molecule has 3 aromatic rings. The monoisotopic (exact) mass is 322 g/mol. The lowest BCUT2D eigenvalue weighted by molar-refractivity contribution is 0.632. The van der Waals surface area contributed by atoms with Crippen molar-refractivity contribution in [3.8, 4) is 17.2 Å². The maximum atomic E-state index is 14.4. The van der Waals surface area contributed by atoms with Crippen molar-refractivity contribution < 1.29 is 4.39 Å². The highest BCUT2D eigenvalue weighted by molar-refractivity contribution is 6.31. The number of para-hydroxylation sites is 1. The number of anilines is 2. The lowest BCUT2D eigenvalue weighted by Gasteiger charge is -2.14. The molecule has 0 saturated heterocycles. The summed E-state index contributed by atoms with van der Waals surface area (Å²) in [7, 11) is 0. The predicted molar refractivity (Wildman–Crippen MR) is 91.3 cm³/mol. The Kier molecular flexibility index (Phi) is 4.27. The van der Waals surface area contributed by atoms with E-state index in [2.05, 4.69) is 11.4 Å². The Morgan fingerprint density at radius 3 is 2.30 bits per heavy atom. The van der Waals surface area contributed by atoms with Gasteiger partial charge in [-0.05, 0) is 42.0 Å². The molecule has 2 nitrogen and oxygen atoms in total. The average Bonchev–Trinajstić information content (AvgIpc) is 2.58. The number of hydrogen-bond donors (Lipinski definition) is 1. The molecule has 0 aliphatic heterocycles. The molecule has 1 N–H and O–H groups in total. The molecule has 0 heterocycles. The molecule has 0 aliphatic carbocycles. The lowest BCUT2D eigenvalue weighted by Crippen LogP contribution is -1.97. The molecule has 3 aromatic carbocycles. The fourth-order valence-corrected chi connectivity index (χ4v) is 2.52. The third-order valence-electron chi connectivity index (χ3n) is 3.42. The molecule has 3 rings (SSSR count). The van der Waals surface area contributed by atoms with Crippen LogP contribution in [-0.4, -0.2) is 0 Å². The molecule has 0 spiro atoms. The molecule has 0 saturated carbocycles. The Balaban J connectivity index is 2.09. The van der Waals surface area contributed by atoms with Crippen LogP contribution in [-0.2, 0) is 0 Å². The van der Waals surface area contributed by atoms with E-state index in [0.717, 1.165) is 11.3 Å². The van der Waals surface area contributed by atoms with E-state index in [4.69, 9.17) is 16.9 Å². The van der Waals surface area contributed by atoms with E-state index in [1.54, 1.807) is 30.3 Å². The summed E-state index contributed by atoms with van der Waals surface area (Å²) in [4.78, 5) is 0. The van der Waals surface area contributed by atoms with Crippen LogP contribution in [0, 0.1) is 17.1 Å². The SMILES string of the molecule is N#Cc1ccc(-c2cc(Cl)cc(F)c2Nc2ccccc2)cc1. The van der Waals surface area contributed by atoms with Gasteiger partial charge in [0.25, 0.3) is 0 Å². The molecular weight excluding hydrogens is 311 g/mol. The first-order valence-electron chi connectivity index (χ1n) is 6.99. The standard InChI is InChI=1S/C19H12ClFN2/c20-15-10-17(14-8-6-13(12-22)7-9-14)19(18(21)11-15)23-16-4-2-1-3-5-16/h1-11,23H. The van der Waals surface area contributed by atoms with Gasteiger partial charge >= 0.3 is 0 Å². The smallest absolute Gasteiger partial charge is 0.148 e. The highest BCUT2D eigenvalue weighted by Crippen LogP contribution is 2.35. The lowest BCUT2D eigenvalue weighted by atomic mass is 10.0. The Labute approximate surface area is 138 Å². The summed E-state index contributed by atoms with van der Waals surface area (Å²) in [6, 6.07) is 21.3. The topological polar surface area (TPSA) is 35.8 Å². The third kappa shape index (κ3) is 3.33. The van der Waals surface area contributed by atoms with Crippen molar-refractivity contribution in [1.29, 1.82) is 5.26 Å². The van der Waals surface area contributed by atoms with Gasteiger partial charge in [-0.15, -0.1) is 0 Å². The number of benzene rings is 3. The van der Waals surface area contributed by atoms with Crippen LogP contribution in [0.2, 0.25) is 5.02 Å². The molecule has 0 radical (unpaired) electrons. The largest absolute Gasteiger partial charge is 0.353 e. The van der Waals surface area contributed by atoms with Gasteiger partial charge in [0.1, 0.15) is 5.82 Å². The summed E-state index contributed by atoms with van der Waals surface area (Å²) in [6.07, 6.45) is 0. The molecular formula is C19H12ClFN2. The molecule has 0 amide bonds. The molecule has 23 heavy (non-hydrogen) atoms. The number of nitrogens with one attached hydrogen (secondary N) is 1. The van der Waals surface area contributed by atoms with Crippen molar-refractivity contribution >= 4 is 23.0 Å². The number of nitrogens with zero attached hydrogens (tertiary/aromatic N) is 1. The second-order valence-electron chi connectivity index (χ2n) is 4.99. The predicted octanol–water partition coefficient (Wildman–Crippen LogP) is 5.76. The molecule has 0 aliphatic rings. The number of hydrogen-bond acceptors (Lipinski definition) is 2. The van der Waals surface area contributed by atoms with Crippen LogP contribution in [0.15, 0.2) is 66.7 Å². The summed E-state index contributed by atoms with van der Waals surface area (Å²) < 4.78 is 14.4. The van der Waals surface area contributed by atoms with Crippen molar-refractivity contribution in [3.63, 3.8) is 0 Å². The second-order valence-corrected chi connectivity index (χ2v) is 5.43. The van der Waals surface area contributed by atoms with Crippen molar-refractivity contribution in [2.45, 2.75) is 0 Å². The molecule has 0 aromatic heterocycles. The maximum absolute atomic E-state index is 14.4. The van der Waals surface area contributed by atoms with E-state index >= 15 is 0 Å². The van der Waals surface area contributed by atoms with Crippen molar-refractivity contribution in [2.24, 2.45) is 0 Å².